The summed E-state index contributed by atoms with van der Waals surface area (Å²) in [5.41, 5.74) is 1.35. The molecule has 1 N–H and O–H groups in total. The van der Waals surface area contributed by atoms with Gasteiger partial charge in [-0.2, -0.15) is 0 Å². The fourth-order valence-corrected chi connectivity index (χ4v) is 4.81. The molecule has 4 heteroatoms. The average Bonchev–Trinajstić information content (AvgIpc) is 2.99. The van der Waals surface area contributed by atoms with E-state index in [4.69, 9.17) is 4.98 Å². The lowest BCUT2D eigenvalue weighted by atomic mass is 9.89. The Kier molecular flexibility index (Phi) is 3.20. The molecule has 0 bridgehead atoms. The van der Waals surface area contributed by atoms with E-state index < -0.39 is 0 Å². The summed E-state index contributed by atoms with van der Waals surface area (Å²) in [7, 11) is 0. The van der Waals surface area contributed by atoms with Gasteiger partial charge in [-0.25, -0.2) is 4.98 Å². The van der Waals surface area contributed by atoms with Crippen molar-refractivity contribution in [3.8, 4) is 0 Å². The number of rotatable bonds is 3. The van der Waals surface area contributed by atoms with Crippen LogP contribution in [0.1, 0.15) is 41.8 Å². The molecule has 18 heavy (non-hydrogen) atoms. The Bertz CT molecular complexity index is 419. The molecule has 1 aromatic rings. The highest BCUT2D eigenvalue weighted by Gasteiger charge is 2.51. The molecule has 0 radical (unpaired) electrons. The van der Waals surface area contributed by atoms with Gasteiger partial charge in [-0.1, -0.05) is 6.92 Å². The zero-order valence-corrected chi connectivity index (χ0v) is 12.4. The maximum atomic E-state index is 4.87. The van der Waals surface area contributed by atoms with Crippen LogP contribution in [0.25, 0.3) is 0 Å². The van der Waals surface area contributed by atoms with Crippen LogP contribution in [0.5, 0.6) is 0 Å². The third kappa shape index (κ3) is 1.74. The van der Waals surface area contributed by atoms with Crippen molar-refractivity contribution in [2.24, 2.45) is 0 Å². The lowest BCUT2D eigenvalue weighted by molar-refractivity contribution is 0.227. The molecule has 2 unspecified atom stereocenters. The van der Waals surface area contributed by atoms with Crippen molar-refractivity contribution in [2.45, 2.75) is 51.6 Å². The monoisotopic (exact) mass is 265 g/mol. The topological polar surface area (TPSA) is 28.2 Å². The summed E-state index contributed by atoms with van der Waals surface area (Å²) < 4.78 is 0. The number of fused-ring (bicyclic) bond motifs is 1. The van der Waals surface area contributed by atoms with Crippen molar-refractivity contribution in [3.63, 3.8) is 0 Å². The van der Waals surface area contributed by atoms with E-state index in [1.54, 1.807) is 0 Å². The smallest absolute Gasteiger partial charge is 0.115 e. The second-order valence-corrected chi connectivity index (χ2v) is 6.81. The quantitative estimate of drug-likeness (QED) is 0.910. The summed E-state index contributed by atoms with van der Waals surface area (Å²) in [6.45, 7) is 10.1. The molecule has 2 aliphatic rings. The standard InChI is InChI=1S/C14H23N3S/c1-4-15-14(13-16-10(2)11(3)18-13)7-9-17-8-5-6-12(14)17/h12,15H,4-9H2,1-3H3. The zero-order valence-electron chi connectivity index (χ0n) is 11.6. The van der Waals surface area contributed by atoms with E-state index in [1.165, 1.54) is 47.9 Å². The Morgan fingerprint density at radius 2 is 2.28 bits per heavy atom. The normalized spacial score (nSPS) is 32.1. The van der Waals surface area contributed by atoms with Crippen LogP contribution in [0.4, 0.5) is 0 Å². The predicted molar refractivity (Wildman–Crippen MR) is 76.2 cm³/mol. The van der Waals surface area contributed by atoms with E-state index >= 15 is 0 Å². The van der Waals surface area contributed by atoms with Crippen molar-refractivity contribution < 1.29 is 0 Å². The average molecular weight is 265 g/mol. The molecule has 2 aliphatic heterocycles. The highest BCUT2D eigenvalue weighted by atomic mass is 32.1. The van der Waals surface area contributed by atoms with Crippen LogP contribution in [-0.2, 0) is 5.54 Å². The molecule has 2 saturated heterocycles. The number of hydrogen-bond acceptors (Lipinski definition) is 4. The molecule has 100 valence electrons. The number of hydrogen-bond donors (Lipinski definition) is 1. The van der Waals surface area contributed by atoms with Crippen LogP contribution in [0.2, 0.25) is 0 Å². The minimum absolute atomic E-state index is 0.134. The fourth-order valence-electron chi connectivity index (χ4n) is 3.65. The summed E-state index contributed by atoms with van der Waals surface area (Å²) >= 11 is 1.90. The molecule has 1 aromatic heterocycles. The minimum atomic E-state index is 0.134. The van der Waals surface area contributed by atoms with Gasteiger partial charge in [-0.15, -0.1) is 11.3 Å². The molecule has 0 aromatic carbocycles. The van der Waals surface area contributed by atoms with Gasteiger partial charge in [0.25, 0.3) is 0 Å². The lowest BCUT2D eigenvalue weighted by Gasteiger charge is -2.34. The second-order valence-electron chi connectivity index (χ2n) is 5.61. The third-order valence-electron chi connectivity index (χ3n) is 4.63. The molecule has 0 aliphatic carbocycles. The first-order valence-electron chi connectivity index (χ1n) is 7.11. The maximum absolute atomic E-state index is 4.87. The lowest BCUT2D eigenvalue weighted by Crippen LogP contribution is -2.50. The molecule has 3 nitrogen and oxygen atoms in total. The molecule has 2 fully saturated rings. The summed E-state index contributed by atoms with van der Waals surface area (Å²) in [5, 5.41) is 5.12. The van der Waals surface area contributed by atoms with E-state index in [2.05, 4.69) is 31.0 Å². The molecule has 0 spiro atoms. The second kappa shape index (κ2) is 4.58. The molecule has 3 rings (SSSR count). The first-order chi connectivity index (χ1) is 8.67. The van der Waals surface area contributed by atoms with E-state index in [0.29, 0.717) is 6.04 Å². The highest BCUT2D eigenvalue weighted by Crippen LogP contribution is 2.44. The number of aryl methyl sites for hydroxylation is 2. The highest BCUT2D eigenvalue weighted by molar-refractivity contribution is 7.11. The Balaban J connectivity index is 2.01. The molecule has 0 amide bonds. The van der Waals surface area contributed by atoms with Crippen molar-refractivity contribution in [3.05, 3.63) is 15.6 Å². The molecular weight excluding hydrogens is 242 g/mol. The first-order valence-corrected chi connectivity index (χ1v) is 7.92. The Morgan fingerprint density at radius 1 is 1.44 bits per heavy atom. The Labute approximate surface area is 114 Å². The van der Waals surface area contributed by atoms with Gasteiger partial charge in [0.1, 0.15) is 5.01 Å². The third-order valence-corrected chi connectivity index (χ3v) is 5.88. The van der Waals surface area contributed by atoms with Crippen molar-refractivity contribution in [1.29, 1.82) is 0 Å². The molecule has 3 heterocycles. The van der Waals surface area contributed by atoms with Crippen LogP contribution in [0.15, 0.2) is 0 Å². The van der Waals surface area contributed by atoms with Gasteiger partial charge in [-0.05, 0) is 46.2 Å². The van der Waals surface area contributed by atoms with Gasteiger partial charge in [0, 0.05) is 17.5 Å². The number of aromatic nitrogens is 1. The fraction of sp³-hybridized carbons (Fsp3) is 0.786. The summed E-state index contributed by atoms with van der Waals surface area (Å²) in [4.78, 5) is 8.91. The van der Waals surface area contributed by atoms with Crippen LogP contribution in [0.3, 0.4) is 0 Å². The summed E-state index contributed by atoms with van der Waals surface area (Å²) in [5.74, 6) is 0. The molecule has 0 saturated carbocycles. The predicted octanol–water partition coefficient (Wildman–Crippen LogP) is 2.43. The number of thiazole rings is 1. The number of nitrogens with one attached hydrogen (secondary N) is 1. The number of nitrogens with zero attached hydrogens (tertiary/aromatic N) is 2. The van der Waals surface area contributed by atoms with Gasteiger partial charge < -0.3 is 5.32 Å². The summed E-state index contributed by atoms with van der Waals surface area (Å²) in [6.07, 6.45) is 3.89. The minimum Gasteiger partial charge on any atom is -0.304 e. The van der Waals surface area contributed by atoms with Crippen molar-refractivity contribution >= 4 is 11.3 Å². The molecular formula is C14H23N3S. The van der Waals surface area contributed by atoms with E-state index in [0.717, 1.165) is 6.54 Å². The van der Waals surface area contributed by atoms with Gasteiger partial charge >= 0.3 is 0 Å². The van der Waals surface area contributed by atoms with Crippen molar-refractivity contribution in [2.75, 3.05) is 19.6 Å². The maximum Gasteiger partial charge on any atom is 0.115 e. The number of likely N-dealkylation sites (N-methyl/N-ethyl adjacent to an activating group) is 1. The first kappa shape index (κ1) is 12.6. The van der Waals surface area contributed by atoms with E-state index in [9.17, 15) is 0 Å². The Hall–Kier alpha value is -0.450. The largest absolute Gasteiger partial charge is 0.304 e. The van der Waals surface area contributed by atoms with Gasteiger partial charge in [0.05, 0.1) is 11.2 Å². The van der Waals surface area contributed by atoms with Gasteiger partial charge in [0.2, 0.25) is 0 Å². The van der Waals surface area contributed by atoms with Crippen LogP contribution in [-0.4, -0.2) is 35.6 Å². The molecule has 2 atom stereocenters. The van der Waals surface area contributed by atoms with Crippen molar-refractivity contribution in [1.82, 2.24) is 15.2 Å². The van der Waals surface area contributed by atoms with E-state index in [1.807, 2.05) is 11.3 Å². The Morgan fingerprint density at radius 3 is 2.94 bits per heavy atom. The summed E-state index contributed by atoms with van der Waals surface area (Å²) in [6, 6.07) is 0.669. The van der Waals surface area contributed by atoms with Crippen LogP contribution >= 0.6 is 11.3 Å². The van der Waals surface area contributed by atoms with Gasteiger partial charge in [0.15, 0.2) is 0 Å². The SMILES string of the molecule is CCNC1(c2nc(C)c(C)s2)CCN2CCCC21. The van der Waals surface area contributed by atoms with Crippen LogP contribution < -0.4 is 5.32 Å². The van der Waals surface area contributed by atoms with Crippen LogP contribution in [0, 0.1) is 13.8 Å². The van der Waals surface area contributed by atoms with Gasteiger partial charge in [-0.3, -0.25) is 4.90 Å². The zero-order chi connectivity index (χ0) is 12.8. The van der Waals surface area contributed by atoms with E-state index in [-0.39, 0.29) is 5.54 Å².